The normalized spacial score (nSPS) is 11.6. The first kappa shape index (κ1) is 13.5. The molecule has 0 aliphatic heterocycles. The highest BCUT2D eigenvalue weighted by Gasteiger charge is 2.20. The first-order valence-electron chi connectivity index (χ1n) is 5.28. The van der Waals surface area contributed by atoms with Crippen LogP contribution in [0.4, 0.5) is 0 Å². The zero-order valence-corrected chi connectivity index (χ0v) is 11.3. The Kier molecular flexibility index (Phi) is 4.40. The molecule has 0 bridgehead atoms. The highest BCUT2D eigenvalue weighted by Crippen LogP contribution is 2.24. The Morgan fingerprint density at radius 2 is 1.88 bits per heavy atom. The van der Waals surface area contributed by atoms with Crippen molar-refractivity contribution in [2.45, 2.75) is 33.6 Å². The highest BCUT2D eigenvalue weighted by atomic mass is 35.5. The van der Waals surface area contributed by atoms with E-state index < -0.39 is 0 Å². The molecule has 1 rings (SSSR count). The minimum Gasteiger partial charge on any atom is -0.299 e. The molecule has 0 fully saturated rings. The van der Waals surface area contributed by atoms with Gasteiger partial charge >= 0.3 is 0 Å². The Morgan fingerprint density at radius 3 is 2.44 bits per heavy atom. The van der Waals surface area contributed by atoms with E-state index in [9.17, 15) is 4.79 Å². The van der Waals surface area contributed by atoms with Gasteiger partial charge < -0.3 is 0 Å². The van der Waals surface area contributed by atoms with Crippen LogP contribution >= 0.6 is 23.2 Å². The van der Waals surface area contributed by atoms with Crippen LogP contribution in [-0.4, -0.2) is 5.78 Å². The van der Waals surface area contributed by atoms with Gasteiger partial charge in [-0.15, -0.1) is 0 Å². The van der Waals surface area contributed by atoms with Gasteiger partial charge in [-0.1, -0.05) is 44.0 Å². The third-order valence-electron chi connectivity index (χ3n) is 2.47. The SMILES string of the molecule is CC(C)(C)C(=O)CCc1cc(Cl)ccc1Cl. The summed E-state index contributed by atoms with van der Waals surface area (Å²) in [5.74, 6) is 0.239. The number of benzene rings is 1. The van der Waals surface area contributed by atoms with Crippen molar-refractivity contribution in [1.82, 2.24) is 0 Å². The van der Waals surface area contributed by atoms with Gasteiger partial charge in [-0.25, -0.2) is 0 Å². The molecule has 0 saturated heterocycles. The third-order valence-corrected chi connectivity index (χ3v) is 3.07. The fourth-order valence-electron chi connectivity index (χ4n) is 1.36. The summed E-state index contributed by atoms with van der Waals surface area (Å²) in [7, 11) is 0. The molecule has 0 heterocycles. The zero-order valence-electron chi connectivity index (χ0n) is 9.81. The average Bonchev–Trinajstić information content (AvgIpc) is 2.17. The minimum atomic E-state index is -0.287. The Bertz CT molecular complexity index is 391. The highest BCUT2D eigenvalue weighted by molar-refractivity contribution is 6.33. The lowest BCUT2D eigenvalue weighted by atomic mass is 9.87. The standard InChI is InChI=1S/C13H16Cl2O/c1-13(2,3)12(16)7-4-9-8-10(14)5-6-11(9)15/h5-6,8H,4,7H2,1-3H3. The van der Waals surface area contributed by atoms with Crippen molar-refractivity contribution < 1.29 is 4.79 Å². The van der Waals surface area contributed by atoms with Crippen molar-refractivity contribution in [3.05, 3.63) is 33.8 Å². The van der Waals surface area contributed by atoms with Gasteiger partial charge in [-0.3, -0.25) is 4.79 Å². The summed E-state index contributed by atoms with van der Waals surface area (Å²) >= 11 is 11.9. The Hall–Kier alpha value is -0.530. The lowest BCUT2D eigenvalue weighted by Crippen LogP contribution is -2.20. The average molecular weight is 259 g/mol. The van der Waals surface area contributed by atoms with E-state index in [1.165, 1.54) is 0 Å². The number of halogens is 2. The van der Waals surface area contributed by atoms with Crippen molar-refractivity contribution in [3.63, 3.8) is 0 Å². The number of ketones is 1. The second-order valence-corrected chi connectivity index (χ2v) is 5.75. The first-order chi connectivity index (χ1) is 7.30. The molecular weight excluding hydrogens is 243 g/mol. The van der Waals surface area contributed by atoms with Gasteiger partial charge in [0.05, 0.1) is 0 Å². The van der Waals surface area contributed by atoms with Crippen LogP contribution < -0.4 is 0 Å². The van der Waals surface area contributed by atoms with Crippen molar-refractivity contribution in [3.8, 4) is 0 Å². The second-order valence-electron chi connectivity index (χ2n) is 4.91. The number of carbonyl (C=O) groups excluding carboxylic acids is 1. The maximum absolute atomic E-state index is 11.8. The van der Waals surface area contributed by atoms with Gasteiger partial charge in [0.2, 0.25) is 0 Å². The van der Waals surface area contributed by atoms with E-state index in [1.54, 1.807) is 12.1 Å². The molecule has 1 aromatic carbocycles. The predicted octanol–water partition coefficient (Wildman–Crippen LogP) is 4.54. The molecule has 0 aliphatic rings. The third kappa shape index (κ3) is 3.80. The molecule has 0 N–H and O–H groups in total. The van der Waals surface area contributed by atoms with Gasteiger partial charge in [0, 0.05) is 21.9 Å². The number of Topliss-reactive ketones (excluding diaryl/α,β-unsaturated/α-hetero) is 1. The van der Waals surface area contributed by atoms with Gasteiger partial charge in [-0.05, 0) is 30.2 Å². The van der Waals surface area contributed by atoms with Gasteiger partial charge in [0.1, 0.15) is 5.78 Å². The smallest absolute Gasteiger partial charge is 0.138 e. The van der Waals surface area contributed by atoms with Crippen LogP contribution in [0.25, 0.3) is 0 Å². The number of carbonyl (C=O) groups is 1. The van der Waals surface area contributed by atoms with E-state index in [-0.39, 0.29) is 11.2 Å². The molecule has 0 atom stereocenters. The summed E-state index contributed by atoms with van der Waals surface area (Å²) in [6, 6.07) is 5.33. The summed E-state index contributed by atoms with van der Waals surface area (Å²) in [5, 5.41) is 1.33. The molecular formula is C13H16Cl2O. The van der Waals surface area contributed by atoms with Crippen LogP contribution in [-0.2, 0) is 11.2 Å². The van der Waals surface area contributed by atoms with E-state index in [2.05, 4.69) is 0 Å². The molecule has 0 spiro atoms. The summed E-state index contributed by atoms with van der Waals surface area (Å²) in [6.07, 6.45) is 1.15. The maximum atomic E-state index is 11.8. The quantitative estimate of drug-likeness (QED) is 0.778. The van der Waals surface area contributed by atoms with Crippen molar-refractivity contribution in [1.29, 1.82) is 0 Å². The molecule has 0 aromatic heterocycles. The lowest BCUT2D eigenvalue weighted by Gasteiger charge is -2.16. The molecule has 88 valence electrons. The van der Waals surface area contributed by atoms with Crippen molar-refractivity contribution >= 4 is 29.0 Å². The summed E-state index contributed by atoms with van der Waals surface area (Å²) in [4.78, 5) is 11.8. The van der Waals surface area contributed by atoms with Crippen LogP contribution in [0.3, 0.4) is 0 Å². The number of aryl methyl sites for hydroxylation is 1. The van der Waals surface area contributed by atoms with E-state index in [1.807, 2.05) is 26.8 Å². The topological polar surface area (TPSA) is 17.1 Å². The van der Waals surface area contributed by atoms with E-state index in [0.717, 1.165) is 5.56 Å². The zero-order chi connectivity index (χ0) is 12.3. The molecule has 1 aromatic rings. The Morgan fingerprint density at radius 1 is 1.25 bits per heavy atom. The van der Waals surface area contributed by atoms with Crippen LogP contribution in [0.15, 0.2) is 18.2 Å². The molecule has 0 unspecified atom stereocenters. The molecule has 0 saturated carbocycles. The molecule has 3 heteroatoms. The molecule has 0 radical (unpaired) electrons. The number of hydrogen-bond acceptors (Lipinski definition) is 1. The first-order valence-corrected chi connectivity index (χ1v) is 6.03. The lowest BCUT2D eigenvalue weighted by molar-refractivity contribution is -0.126. The summed E-state index contributed by atoms with van der Waals surface area (Å²) in [6.45, 7) is 5.78. The molecule has 16 heavy (non-hydrogen) atoms. The summed E-state index contributed by atoms with van der Waals surface area (Å²) in [5.41, 5.74) is 0.650. The molecule has 0 amide bonds. The van der Waals surface area contributed by atoms with Crippen LogP contribution in [0.1, 0.15) is 32.8 Å². The monoisotopic (exact) mass is 258 g/mol. The van der Waals surface area contributed by atoms with Crippen LogP contribution in [0.2, 0.25) is 10.0 Å². The Balaban J connectivity index is 2.68. The van der Waals surface area contributed by atoms with Crippen molar-refractivity contribution in [2.24, 2.45) is 5.41 Å². The number of rotatable bonds is 3. The largest absolute Gasteiger partial charge is 0.299 e. The Labute approximate surface area is 107 Å². The fourth-order valence-corrected chi connectivity index (χ4v) is 1.76. The van der Waals surface area contributed by atoms with Crippen LogP contribution in [0.5, 0.6) is 0 Å². The second kappa shape index (κ2) is 5.20. The van der Waals surface area contributed by atoms with Crippen molar-refractivity contribution in [2.75, 3.05) is 0 Å². The minimum absolute atomic E-state index is 0.239. The van der Waals surface area contributed by atoms with Gasteiger partial charge in [-0.2, -0.15) is 0 Å². The van der Waals surface area contributed by atoms with Crippen LogP contribution in [0, 0.1) is 5.41 Å². The van der Waals surface area contributed by atoms with E-state index in [0.29, 0.717) is 22.9 Å². The van der Waals surface area contributed by atoms with Gasteiger partial charge in [0.25, 0.3) is 0 Å². The fraction of sp³-hybridized carbons (Fsp3) is 0.462. The van der Waals surface area contributed by atoms with Gasteiger partial charge in [0.15, 0.2) is 0 Å². The molecule has 0 aliphatic carbocycles. The molecule has 1 nitrogen and oxygen atoms in total. The maximum Gasteiger partial charge on any atom is 0.138 e. The number of hydrogen-bond donors (Lipinski definition) is 0. The van der Waals surface area contributed by atoms with E-state index in [4.69, 9.17) is 23.2 Å². The summed E-state index contributed by atoms with van der Waals surface area (Å²) < 4.78 is 0. The van der Waals surface area contributed by atoms with E-state index >= 15 is 0 Å². The predicted molar refractivity (Wildman–Crippen MR) is 69.2 cm³/mol.